The van der Waals surface area contributed by atoms with Crippen molar-refractivity contribution in [3.8, 4) is 0 Å². The van der Waals surface area contributed by atoms with E-state index in [1.54, 1.807) is 25.2 Å². The molecule has 1 fully saturated rings. The van der Waals surface area contributed by atoms with Crippen molar-refractivity contribution in [3.63, 3.8) is 0 Å². The highest BCUT2D eigenvalue weighted by molar-refractivity contribution is 6.01. The Morgan fingerprint density at radius 2 is 1.80 bits per heavy atom. The minimum Gasteiger partial charge on any atom is -0.479 e. The molecule has 1 aromatic rings. The molecule has 6 nitrogen and oxygen atoms in total. The predicted octanol–water partition coefficient (Wildman–Crippen LogP) is 2.69. The normalized spacial score (nSPS) is 16.1. The Balaban J connectivity index is 2.24. The van der Waals surface area contributed by atoms with Gasteiger partial charge >= 0.3 is 5.97 Å². The number of likely N-dealkylation sites (N-methyl/N-ethyl adjacent to an activating group) is 1. The Bertz CT molecular complexity index is 651. The fourth-order valence-corrected chi connectivity index (χ4v) is 3.35. The predicted molar refractivity (Wildman–Crippen MR) is 94.6 cm³/mol. The Kier molecular flexibility index (Phi) is 6.17. The van der Waals surface area contributed by atoms with Crippen LogP contribution in [0.2, 0.25) is 0 Å². The van der Waals surface area contributed by atoms with Crippen molar-refractivity contribution in [3.05, 3.63) is 35.4 Å². The molecule has 0 atom stereocenters. The number of carbonyl (C=O) groups is 3. The van der Waals surface area contributed by atoms with Crippen LogP contribution in [-0.2, 0) is 4.79 Å². The van der Waals surface area contributed by atoms with E-state index in [1.807, 2.05) is 6.92 Å². The van der Waals surface area contributed by atoms with Gasteiger partial charge in [0.2, 0.25) is 0 Å². The Hall–Kier alpha value is -2.37. The van der Waals surface area contributed by atoms with Gasteiger partial charge in [0.1, 0.15) is 5.54 Å². The molecule has 1 aromatic carbocycles. The number of carboxylic acid groups (broad SMARTS) is 1. The van der Waals surface area contributed by atoms with Crippen molar-refractivity contribution >= 4 is 17.8 Å². The molecule has 6 heteroatoms. The lowest BCUT2D eigenvalue weighted by molar-refractivity contribution is -0.151. The van der Waals surface area contributed by atoms with Crippen molar-refractivity contribution < 1.29 is 19.5 Å². The number of aliphatic carboxylic acids is 1. The largest absolute Gasteiger partial charge is 0.479 e. The first-order valence-electron chi connectivity index (χ1n) is 8.82. The zero-order valence-electron chi connectivity index (χ0n) is 14.9. The number of hydrogen-bond acceptors (Lipinski definition) is 3. The quantitative estimate of drug-likeness (QED) is 0.829. The number of nitrogens with zero attached hydrogens (tertiary/aromatic N) is 1. The molecular weight excluding hydrogens is 320 g/mol. The lowest BCUT2D eigenvalue weighted by Gasteiger charge is -2.41. The summed E-state index contributed by atoms with van der Waals surface area (Å²) in [5.41, 5.74) is -0.422. The summed E-state index contributed by atoms with van der Waals surface area (Å²) in [6.07, 6.45) is 4.33. The van der Waals surface area contributed by atoms with Crippen LogP contribution in [0.1, 0.15) is 66.2 Å². The lowest BCUT2D eigenvalue weighted by Crippen LogP contribution is -2.56. The second-order valence-corrected chi connectivity index (χ2v) is 6.60. The molecule has 1 aliphatic rings. The minimum atomic E-state index is -1.16. The van der Waals surface area contributed by atoms with Crippen LogP contribution >= 0.6 is 0 Å². The monoisotopic (exact) mass is 346 g/mol. The summed E-state index contributed by atoms with van der Waals surface area (Å²) in [6.45, 7) is 2.53. The van der Waals surface area contributed by atoms with Crippen LogP contribution in [0.25, 0.3) is 0 Å². The van der Waals surface area contributed by atoms with Crippen LogP contribution < -0.4 is 5.32 Å². The third-order valence-electron chi connectivity index (χ3n) is 4.93. The summed E-state index contributed by atoms with van der Waals surface area (Å²) in [6, 6.07) is 6.45. The molecule has 1 aliphatic carbocycles. The van der Waals surface area contributed by atoms with Crippen LogP contribution in [0.5, 0.6) is 0 Å². The first kappa shape index (κ1) is 19.0. The maximum absolute atomic E-state index is 12.9. The third kappa shape index (κ3) is 4.00. The van der Waals surface area contributed by atoms with Crippen LogP contribution in [0.3, 0.4) is 0 Å². The van der Waals surface area contributed by atoms with Crippen LogP contribution in [0.4, 0.5) is 0 Å². The molecule has 2 rings (SSSR count). The molecular formula is C19H26N2O4. The van der Waals surface area contributed by atoms with E-state index in [0.29, 0.717) is 30.5 Å². The number of nitrogens with one attached hydrogen (secondary N) is 1. The average Bonchev–Trinajstić information content (AvgIpc) is 2.65. The maximum atomic E-state index is 12.9. The molecule has 136 valence electrons. The van der Waals surface area contributed by atoms with Crippen LogP contribution in [-0.4, -0.2) is 46.9 Å². The lowest BCUT2D eigenvalue weighted by atomic mass is 9.80. The Morgan fingerprint density at radius 1 is 1.16 bits per heavy atom. The summed E-state index contributed by atoms with van der Waals surface area (Å²) in [7, 11) is 1.55. The van der Waals surface area contributed by atoms with Gasteiger partial charge < -0.3 is 15.3 Å². The number of amides is 2. The van der Waals surface area contributed by atoms with E-state index in [0.717, 1.165) is 25.7 Å². The molecule has 0 saturated heterocycles. The van der Waals surface area contributed by atoms with Crippen molar-refractivity contribution in [2.75, 3.05) is 13.6 Å². The summed E-state index contributed by atoms with van der Waals surface area (Å²) in [5.74, 6) is -1.56. The van der Waals surface area contributed by atoms with Crippen LogP contribution in [0, 0.1) is 0 Å². The molecule has 0 spiro atoms. The van der Waals surface area contributed by atoms with Crippen molar-refractivity contribution in [1.82, 2.24) is 10.2 Å². The number of carboxylic acids is 1. The number of benzene rings is 1. The average molecular weight is 346 g/mol. The highest BCUT2D eigenvalue weighted by Crippen LogP contribution is 2.34. The fraction of sp³-hybridized carbons (Fsp3) is 0.526. The molecule has 0 radical (unpaired) electrons. The van der Waals surface area contributed by atoms with Gasteiger partial charge in [0.05, 0.1) is 0 Å². The zero-order chi connectivity index (χ0) is 18.4. The smallest absolute Gasteiger partial charge is 0.329 e. The van der Waals surface area contributed by atoms with Gasteiger partial charge in [-0.15, -0.1) is 0 Å². The van der Waals surface area contributed by atoms with E-state index in [4.69, 9.17) is 0 Å². The molecule has 2 amide bonds. The molecule has 0 aliphatic heterocycles. The maximum Gasteiger partial charge on any atom is 0.329 e. The van der Waals surface area contributed by atoms with Gasteiger partial charge in [-0.05, 0) is 37.5 Å². The molecule has 0 aromatic heterocycles. The molecule has 1 saturated carbocycles. The minimum absolute atomic E-state index is 0.232. The Labute approximate surface area is 148 Å². The highest BCUT2D eigenvalue weighted by Gasteiger charge is 2.45. The SMILES string of the molecule is CCCNC(=O)c1cccc(C(=O)N(C)C2(C(=O)O)CCCCC2)c1. The van der Waals surface area contributed by atoms with Gasteiger partial charge in [0.15, 0.2) is 0 Å². The van der Waals surface area contributed by atoms with Gasteiger partial charge in [-0.25, -0.2) is 4.79 Å². The fourth-order valence-electron chi connectivity index (χ4n) is 3.35. The number of rotatable bonds is 6. The molecule has 25 heavy (non-hydrogen) atoms. The van der Waals surface area contributed by atoms with Crippen molar-refractivity contribution in [2.24, 2.45) is 0 Å². The molecule has 0 heterocycles. The Morgan fingerprint density at radius 3 is 2.40 bits per heavy atom. The van der Waals surface area contributed by atoms with Gasteiger partial charge in [0.25, 0.3) is 11.8 Å². The second kappa shape index (κ2) is 8.14. The van der Waals surface area contributed by atoms with Crippen molar-refractivity contribution in [1.29, 1.82) is 0 Å². The van der Waals surface area contributed by atoms with Gasteiger partial charge in [-0.2, -0.15) is 0 Å². The summed E-state index contributed by atoms with van der Waals surface area (Å²) in [5, 5.41) is 12.5. The van der Waals surface area contributed by atoms with E-state index in [1.165, 1.54) is 11.0 Å². The standard InChI is InChI=1S/C19H26N2O4/c1-3-12-20-16(22)14-8-7-9-15(13-14)17(23)21(2)19(18(24)25)10-5-4-6-11-19/h7-9,13H,3-6,10-12H2,1-2H3,(H,20,22)(H,24,25). The van der Waals surface area contributed by atoms with Gasteiger partial charge in [-0.3, -0.25) is 9.59 Å². The van der Waals surface area contributed by atoms with E-state index in [-0.39, 0.29) is 11.8 Å². The van der Waals surface area contributed by atoms with Crippen molar-refractivity contribution in [2.45, 2.75) is 51.0 Å². The van der Waals surface area contributed by atoms with Gasteiger partial charge in [-0.1, -0.05) is 32.3 Å². The first-order chi connectivity index (χ1) is 11.9. The number of carbonyl (C=O) groups excluding carboxylic acids is 2. The molecule has 2 N–H and O–H groups in total. The van der Waals surface area contributed by atoms with E-state index in [9.17, 15) is 19.5 Å². The van der Waals surface area contributed by atoms with Crippen LogP contribution in [0.15, 0.2) is 24.3 Å². The summed E-state index contributed by atoms with van der Waals surface area (Å²) >= 11 is 0. The zero-order valence-corrected chi connectivity index (χ0v) is 14.9. The third-order valence-corrected chi connectivity index (χ3v) is 4.93. The summed E-state index contributed by atoms with van der Waals surface area (Å²) in [4.78, 5) is 38.2. The molecule has 0 bridgehead atoms. The highest BCUT2D eigenvalue weighted by atomic mass is 16.4. The second-order valence-electron chi connectivity index (χ2n) is 6.60. The topological polar surface area (TPSA) is 86.7 Å². The molecule has 0 unspecified atom stereocenters. The van der Waals surface area contributed by atoms with E-state index in [2.05, 4.69) is 5.32 Å². The van der Waals surface area contributed by atoms with E-state index < -0.39 is 11.5 Å². The first-order valence-corrected chi connectivity index (χ1v) is 8.82. The number of hydrogen-bond donors (Lipinski definition) is 2. The van der Waals surface area contributed by atoms with E-state index >= 15 is 0 Å². The van der Waals surface area contributed by atoms with Gasteiger partial charge in [0, 0.05) is 24.7 Å². The summed E-state index contributed by atoms with van der Waals surface area (Å²) < 4.78 is 0.